The van der Waals surface area contributed by atoms with Gasteiger partial charge in [-0.05, 0) is 32.0 Å². The molecule has 2 rings (SSSR count). The molecule has 8 nitrogen and oxygen atoms in total. The average molecular weight is 332 g/mol. The minimum Gasteiger partial charge on any atom is -0.467 e. The zero-order chi connectivity index (χ0) is 17.7. The van der Waals surface area contributed by atoms with E-state index in [9.17, 15) is 19.7 Å². The summed E-state index contributed by atoms with van der Waals surface area (Å²) < 4.78 is 10.1. The fourth-order valence-electron chi connectivity index (χ4n) is 2.14. The van der Waals surface area contributed by atoms with Crippen molar-refractivity contribution in [3.8, 4) is 0 Å². The third-order valence-electron chi connectivity index (χ3n) is 3.40. The van der Waals surface area contributed by atoms with E-state index in [0.717, 1.165) is 0 Å². The molecule has 0 radical (unpaired) electrons. The van der Waals surface area contributed by atoms with E-state index in [0.29, 0.717) is 5.76 Å². The molecule has 0 unspecified atom stereocenters. The molecule has 0 aliphatic rings. The second kappa shape index (κ2) is 7.40. The molecular weight excluding hydrogens is 316 g/mol. The minimum atomic E-state index is -0.794. The summed E-state index contributed by atoms with van der Waals surface area (Å²) in [6.07, 6.45) is 1.49. The number of hydrogen-bond donors (Lipinski definition) is 1. The molecule has 1 aromatic heterocycles. The zero-order valence-electron chi connectivity index (χ0n) is 13.1. The van der Waals surface area contributed by atoms with Gasteiger partial charge in [-0.25, -0.2) is 4.79 Å². The van der Waals surface area contributed by atoms with Gasteiger partial charge in [0.2, 0.25) is 0 Å². The third kappa shape index (κ3) is 3.97. The largest absolute Gasteiger partial charge is 0.467 e. The van der Waals surface area contributed by atoms with Gasteiger partial charge in [-0.15, -0.1) is 0 Å². The molecule has 0 saturated carbocycles. The first-order chi connectivity index (χ1) is 11.4. The summed E-state index contributed by atoms with van der Waals surface area (Å²) >= 11 is 0. The molecular formula is C16H16N2O6. The Morgan fingerprint density at radius 3 is 2.71 bits per heavy atom. The zero-order valence-corrected chi connectivity index (χ0v) is 13.1. The second-order valence-electron chi connectivity index (χ2n) is 5.09. The molecule has 24 heavy (non-hydrogen) atoms. The van der Waals surface area contributed by atoms with Gasteiger partial charge in [0.05, 0.1) is 22.8 Å². The summed E-state index contributed by atoms with van der Waals surface area (Å²) in [5.41, 5.74) is 0.0632. The van der Waals surface area contributed by atoms with Gasteiger partial charge < -0.3 is 14.5 Å². The van der Waals surface area contributed by atoms with Crippen LogP contribution in [0.5, 0.6) is 0 Å². The number of nitrogens with one attached hydrogen (secondary N) is 1. The van der Waals surface area contributed by atoms with Crippen molar-refractivity contribution in [2.45, 2.75) is 19.9 Å². The second-order valence-corrected chi connectivity index (χ2v) is 5.09. The van der Waals surface area contributed by atoms with Crippen molar-refractivity contribution in [2.24, 2.45) is 0 Å². The van der Waals surface area contributed by atoms with Crippen LogP contribution in [0.3, 0.4) is 0 Å². The van der Waals surface area contributed by atoms with Crippen molar-refractivity contribution in [1.82, 2.24) is 5.32 Å². The predicted octanol–water partition coefficient (Wildman–Crippen LogP) is 2.53. The number of carbonyl (C=O) groups excluding carboxylic acids is 2. The lowest BCUT2D eigenvalue weighted by molar-refractivity contribution is -0.385. The van der Waals surface area contributed by atoms with Gasteiger partial charge in [0.15, 0.2) is 6.61 Å². The molecule has 0 bridgehead atoms. The smallest absolute Gasteiger partial charge is 0.339 e. The molecule has 126 valence electrons. The lowest BCUT2D eigenvalue weighted by Gasteiger charge is -2.12. The summed E-state index contributed by atoms with van der Waals surface area (Å²) in [4.78, 5) is 34.1. The standard InChI is InChI=1S/C16H16N2O6/c1-10-12(5-3-6-13(10)18(21)22)16(20)24-9-15(19)17-11(2)14-7-4-8-23-14/h3-8,11H,9H2,1-2H3,(H,17,19)/t11-/m0/s1. The molecule has 1 heterocycles. The van der Waals surface area contributed by atoms with E-state index in [1.54, 1.807) is 19.1 Å². The van der Waals surface area contributed by atoms with Crippen LogP contribution >= 0.6 is 0 Å². The normalized spacial score (nSPS) is 11.6. The molecule has 1 amide bonds. The summed E-state index contributed by atoms with van der Waals surface area (Å²) in [6, 6.07) is 7.14. The fourth-order valence-corrected chi connectivity index (χ4v) is 2.14. The van der Waals surface area contributed by atoms with E-state index >= 15 is 0 Å². The van der Waals surface area contributed by atoms with E-state index in [1.807, 2.05) is 0 Å². The lowest BCUT2D eigenvalue weighted by Crippen LogP contribution is -2.31. The van der Waals surface area contributed by atoms with Gasteiger partial charge in [-0.3, -0.25) is 14.9 Å². The number of esters is 1. The lowest BCUT2D eigenvalue weighted by atomic mass is 10.1. The van der Waals surface area contributed by atoms with Crippen molar-refractivity contribution in [2.75, 3.05) is 6.61 Å². The van der Waals surface area contributed by atoms with Crippen LogP contribution in [0.2, 0.25) is 0 Å². The highest BCUT2D eigenvalue weighted by Gasteiger charge is 2.20. The van der Waals surface area contributed by atoms with Crippen molar-refractivity contribution < 1.29 is 23.7 Å². The van der Waals surface area contributed by atoms with Crippen LogP contribution in [0, 0.1) is 17.0 Å². The van der Waals surface area contributed by atoms with Gasteiger partial charge in [0.25, 0.3) is 11.6 Å². The number of furan rings is 1. The molecule has 1 atom stereocenters. The van der Waals surface area contributed by atoms with E-state index in [1.165, 1.54) is 31.4 Å². The van der Waals surface area contributed by atoms with Crippen LogP contribution in [-0.4, -0.2) is 23.4 Å². The molecule has 1 aromatic carbocycles. The number of nitro groups is 1. The van der Waals surface area contributed by atoms with Gasteiger partial charge in [-0.1, -0.05) is 6.07 Å². The first kappa shape index (κ1) is 17.2. The minimum absolute atomic E-state index is 0.0519. The molecule has 0 spiro atoms. The molecule has 0 saturated heterocycles. The van der Waals surface area contributed by atoms with Crippen LogP contribution in [0.4, 0.5) is 5.69 Å². The van der Waals surface area contributed by atoms with E-state index < -0.39 is 23.4 Å². The van der Waals surface area contributed by atoms with Crippen molar-refractivity contribution in [1.29, 1.82) is 0 Å². The Kier molecular flexibility index (Phi) is 5.31. The van der Waals surface area contributed by atoms with E-state index in [-0.39, 0.29) is 22.9 Å². The van der Waals surface area contributed by atoms with Crippen molar-refractivity contribution >= 4 is 17.6 Å². The maximum atomic E-state index is 12.0. The van der Waals surface area contributed by atoms with Crippen LogP contribution in [-0.2, 0) is 9.53 Å². The van der Waals surface area contributed by atoms with E-state index in [4.69, 9.17) is 9.15 Å². The quantitative estimate of drug-likeness (QED) is 0.494. The molecule has 0 aliphatic heterocycles. The number of hydrogen-bond acceptors (Lipinski definition) is 6. The predicted molar refractivity (Wildman–Crippen MR) is 83.4 cm³/mol. The van der Waals surface area contributed by atoms with Crippen LogP contribution in [0.25, 0.3) is 0 Å². The first-order valence-electron chi connectivity index (χ1n) is 7.14. The molecule has 2 aromatic rings. The summed E-state index contributed by atoms with van der Waals surface area (Å²) in [5, 5.41) is 13.5. The Balaban J connectivity index is 1.95. The SMILES string of the molecule is Cc1c(C(=O)OCC(=O)N[C@@H](C)c2ccco2)cccc1[N+](=O)[O-]. The third-order valence-corrected chi connectivity index (χ3v) is 3.40. The maximum absolute atomic E-state index is 12.0. The van der Waals surface area contributed by atoms with Gasteiger partial charge in [0.1, 0.15) is 5.76 Å². The molecule has 1 N–H and O–H groups in total. The number of rotatable bonds is 6. The number of carbonyl (C=O) groups is 2. The van der Waals surface area contributed by atoms with Crippen LogP contribution in [0.1, 0.15) is 34.6 Å². The molecule has 0 aliphatic carbocycles. The van der Waals surface area contributed by atoms with Gasteiger partial charge in [-0.2, -0.15) is 0 Å². The average Bonchev–Trinajstić information content (AvgIpc) is 3.07. The molecule has 8 heteroatoms. The van der Waals surface area contributed by atoms with Crippen molar-refractivity contribution in [3.05, 3.63) is 63.6 Å². The number of nitrogens with zero attached hydrogens (tertiary/aromatic N) is 1. The number of benzene rings is 1. The Labute approximate surface area is 137 Å². The van der Waals surface area contributed by atoms with E-state index in [2.05, 4.69) is 5.32 Å². The Hall–Kier alpha value is -3.16. The monoisotopic (exact) mass is 332 g/mol. The van der Waals surface area contributed by atoms with Gasteiger partial charge >= 0.3 is 5.97 Å². The summed E-state index contributed by atoms with van der Waals surface area (Å²) in [5.74, 6) is -0.725. The summed E-state index contributed by atoms with van der Waals surface area (Å²) in [6.45, 7) is 2.68. The highest BCUT2D eigenvalue weighted by molar-refractivity contribution is 5.93. The van der Waals surface area contributed by atoms with Crippen LogP contribution in [0.15, 0.2) is 41.0 Å². The fraction of sp³-hybridized carbons (Fsp3) is 0.250. The first-order valence-corrected chi connectivity index (χ1v) is 7.14. The highest BCUT2D eigenvalue weighted by Crippen LogP contribution is 2.21. The maximum Gasteiger partial charge on any atom is 0.339 e. The molecule has 0 fully saturated rings. The summed E-state index contributed by atoms with van der Waals surface area (Å²) in [7, 11) is 0. The number of amides is 1. The Bertz CT molecular complexity index is 754. The Morgan fingerprint density at radius 1 is 1.33 bits per heavy atom. The van der Waals surface area contributed by atoms with Crippen LogP contribution < -0.4 is 5.32 Å². The topological polar surface area (TPSA) is 112 Å². The number of nitro benzene ring substituents is 1. The Morgan fingerprint density at radius 2 is 2.08 bits per heavy atom. The highest BCUT2D eigenvalue weighted by atomic mass is 16.6. The van der Waals surface area contributed by atoms with Crippen molar-refractivity contribution in [3.63, 3.8) is 0 Å². The number of ether oxygens (including phenoxy) is 1. The van der Waals surface area contributed by atoms with Gasteiger partial charge in [0, 0.05) is 11.6 Å².